The number of para-hydroxylation sites is 2. The average Bonchev–Trinajstić information content (AvgIpc) is 3.12. The van der Waals surface area contributed by atoms with E-state index in [0.717, 1.165) is 50.5 Å². The zero-order valence-electron chi connectivity index (χ0n) is 15.2. The van der Waals surface area contributed by atoms with Gasteiger partial charge in [0.2, 0.25) is 0 Å². The highest BCUT2D eigenvalue weighted by atomic mass is 16.1. The summed E-state index contributed by atoms with van der Waals surface area (Å²) in [5.41, 5.74) is 3.32. The molecule has 0 atom stereocenters. The molecule has 5 rings (SSSR count). The predicted octanol–water partition coefficient (Wildman–Crippen LogP) is 2.96. The van der Waals surface area contributed by atoms with E-state index >= 15 is 0 Å². The fourth-order valence-electron chi connectivity index (χ4n) is 4.06. The molecule has 1 fully saturated rings. The summed E-state index contributed by atoms with van der Waals surface area (Å²) in [5.74, 6) is 0.837. The minimum Gasteiger partial charge on any atom is -0.373 e. The lowest BCUT2D eigenvalue weighted by Gasteiger charge is -2.35. The number of hydrogen-bond acceptors (Lipinski definition) is 4. The van der Waals surface area contributed by atoms with Crippen LogP contribution in [0.2, 0.25) is 0 Å². The maximum atomic E-state index is 12.7. The molecule has 0 radical (unpaired) electrons. The van der Waals surface area contributed by atoms with Gasteiger partial charge in [-0.2, -0.15) is 0 Å². The average molecular weight is 358 g/mol. The first-order valence-electron chi connectivity index (χ1n) is 9.54. The van der Waals surface area contributed by atoms with Gasteiger partial charge in [-0.3, -0.25) is 9.36 Å². The Bertz CT molecular complexity index is 1060. The molecule has 3 aromatic rings. The minimum absolute atomic E-state index is 0.0768. The van der Waals surface area contributed by atoms with Crippen molar-refractivity contribution in [3.8, 4) is 0 Å². The Balaban J connectivity index is 1.39. The monoisotopic (exact) mass is 358 g/mol. The molecule has 0 saturated carbocycles. The number of hydrogen-bond donors (Lipinski definition) is 0. The van der Waals surface area contributed by atoms with Gasteiger partial charge in [-0.1, -0.05) is 30.3 Å². The smallest absolute Gasteiger partial charge is 0.261 e. The molecule has 2 aromatic carbocycles. The number of benzene rings is 2. The Kier molecular flexibility index (Phi) is 3.93. The van der Waals surface area contributed by atoms with Crippen LogP contribution in [0.4, 0.5) is 5.69 Å². The van der Waals surface area contributed by atoms with Gasteiger partial charge < -0.3 is 9.80 Å². The summed E-state index contributed by atoms with van der Waals surface area (Å²) >= 11 is 0. The van der Waals surface area contributed by atoms with Crippen molar-refractivity contribution in [2.45, 2.75) is 13.0 Å². The van der Waals surface area contributed by atoms with Crippen molar-refractivity contribution in [2.24, 2.45) is 0 Å². The SMILES string of the molecule is O=c1c2ccccc2nc2n1CC/C2=C/N1CCN(c2ccccc2)CC1. The van der Waals surface area contributed by atoms with Crippen LogP contribution in [0, 0.1) is 0 Å². The molecule has 27 heavy (non-hydrogen) atoms. The molecule has 2 aliphatic heterocycles. The fourth-order valence-corrected chi connectivity index (χ4v) is 4.06. The normalized spacial score (nSPS) is 18.3. The van der Waals surface area contributed by atoms with Gasteiger partial charge in [-0.15, -0.1) is 0 Å². The maximum Gasteiger partial charge on any atom is 0.261 e. The molecule has 2 aliphatic rings. The van der Waals surface area contributed by atoms with E-state index in [0.29, 0.717) is 5.39 Å². The van der Waals surface area contributed by atoms with Crippen molar-refractivity contribution >= 4 is 22.2 Å². The van der Waals surface area contributed by atoms with Gasteiger partial charge >= 0.3 is 0 Å². The summed E-state index contributed by atoms with van der Waals surface area (Å²) < 4.78 is 1.83. The molecule has 1 aromatic heterocycles. The second-order valence-corrected chi connectivity index (χ2v) is 7.17. The van der Waals surface area contributed by atoms with Crippen LogP contribution < -0.4 is 10.5 Å². The van der Waals surface area contributed by atoms with E-state index in [-0.39, 0.29) is 5.56 Å². The number of anilines is 1. The number of allylic oxidation sites excluding steroid dienone is 1. The first-order valence-corrected chi connectivity index (χ1v) is 9.54. The molecule has 5 nitrogen and oxygen atoms in total. The van der Waals surface area contributed by atoms with Crippen LogP contribution in [0.1, 0.15) is 12.2 Å². The van der Waals surface area contributed by atoms with Gasteiger partial charge in [0.15, 0.2) is 0 Å². The van der Waals surface area contributed by atoms with Crippen molar-refractivity contribution < 1.29 is 0 Å². The van der Waals surface area contributed by atoms with Gasteiger partial charge in [-0.05, 0) is 30.7 Å². The molecule has 0 aliphatic carbocycles. The van der Waals surface area contributed by atoms with Crippen molar-refractivity contribution in [1.29, 1.82) is 0 Å². The molecule has 5 heteroatoms. The van der Waals surface area contributed by atoms with Crippen molar-refractivity contribution in [3.63, 3.8) is 0 Å². The Morgan fingerprint density at radius 2 is 1.59 bits per heavy atom. The lowest BCUT2D eigenvalue weighted by atomic mass is 10.2. The van der Waals surface area contributed by atoms with Gasteiger partial charge in [0, 0.05) is 50.2 Å². The third-order valence-corrected chi connectivity index (χ3v) is 5.53. The zero-order valence-corrected chi connectivity index (χ0v) is 15.2. The van der Waals surface area contributed by atoms with Gasteiger partial charge in [0.1, 0.15) is 5.82 Å². The number of rotatable bonds is 2. The van der Waals surface area contributed by atoms with Crippen LogP contribution in [-0.4, -0.2) is 40.6 Å². The van der Waals surface area contributed by atoms with Crippen LogP contribution in [0.5, 0.6) is 0 Å². The first-order chi connectivity index (χ1) is 13.3. The maximum absolute atomic E-state index is 12.7. The third-order valence-electron chi connectivity index (χ3n) is 5.53. The van der Waals surface area contributed by atoms with Crippen LogP contribution in [0.15, 0.2) is 65.6 Å². The summed E-state index contributed by atoms with van der Waals surface area (Å²) in [6, 6.07) is 18.2. The van der Waals surface area contributed by atoms with Crippen LogP contribution in [-0.2, 0) is 6.54 Å². The second-order valence-electron chi connectivity index (χ2n) is 7.17. The van der Waals surface area contributed by atoms with Gasteiger partial charge in [0.25, 0.3) is 5.56 Å². The Morgan fingerprint density at radius 1 is 0.852 bits per heavy atom. The van der Waals surface area contributed by atoms with E-state index in [1.165, 1.54) is 11.3 Å². The summed E-state index contributed by atoms with van der Waals surface area (Å²) in [5, 5.41) is 0.707. The lowest BCUT2D eigenvalue weighted by Crippen LogP contribution is -2.44. The largest absolute Gasteiger partial charge is 0.373 e. The molecule has 0 spiro atoms. The highest BCUT2D eigenvalue weighted by Gasteiger charge is 2.22. The van der Waals surface area contributed by atoms with E-state index in [1.807, 2.05) is 28.8 Å². The number of nitrogens with zero attached hydrogens (tertiary/aromatic N) is 4. The Labute approximate surface area is 158 Å². The fraction of sp³-hybridized carbons (Fsp3) is 0.273. The van der Waals surface area contributed by atoms with E-state index in [9.17, 15) is 4.79 Å². The third kappa shape index (κ3) is 2.89. The minimum atomic E-state index is 0.0768. The quantitative estimate of drug-likeness (QED) is 0.706. The first kappa shape index (κ1) is 16.1. The van der Waals surface area contributed by atoms with E-state index in [1.54, 1.807) is 0 Å². The molecule has 1 saturated heterocycles. The van der Waals surface area contributed by atoms with E-state index in [4.69, 9.17) is 4.98 Å². The van der Waals surface area contributed by atoms with Crippen LogP contribution in [0.25, 0.3) is 16.5 Å². The van der Waals surface area contributed by atoms with Gasteiger partial charge in [0.05, 0.1) is 10.9 Å². The Morgan fingerprint density at radius 3 is 2.41 bits per heavy atom. The van der Waals surface area contributed by atoms with Crippen molar-refractivity contribution in [2.75, 3.05) is 31.1 Å². The summed E-state index contributed by atoms with van der Waals surface area (Å²) in [4.78, 5) is 22.3. The van der Waals surface area contributed by atoms with E-state index in [2.05, 4.69) is 46.3 Å². The molecular formula is C22H22N4O. The molecule has 0 N–H and O–H groups in total. The van der Waals surface area contributed by atoms with Crippen LogP contribution in [0.3, 0.4) is 0 Å². The van der Waals surface area contributed by atoms with Gasteiger partial charge in [-0.25, -0.2) is 4.98 Å². The molecule has 0 unspecified atom stereocenters. The topological polar surface area (TPSA) is 41.4 Å². The molecular weight excluding hydrogens is 336 g/mol. The van der Waals surface area contributed by atoms with Crippen molar-refractivity contribution in [3.05, 3.63) is 77.0 Å². The molecule has 136 valence electrons. The second kappa shape index (κ2) is 6.58. The van der Waals surface area contributed by atoms with E-state index < -0.39 is 0 Å². The molecule has 3 heterocycles. The summed E-state index contributed by atoms with van der Waals surface area (Å²) in [6.45, 7) is 4.70. The van der Waals surface area contributed by atoms with Crippen molar-refractivity contribution in [1.82, 2.24) is 14.5 Å². The Hall–Kier alpha value is -3.08. The standard InChI is InChI=1S/C22H22N4O/c27-22-19-8-4-5-9-20(19)23-21-17(10-11-26(21)22)16-24-12-14-25(15-13-24)18-6-2-1-3-7-18/h1-9,16H,10-15H2/b17-16-. The summed E-state index contributed by atoms with van der Waals surface area (Å²) in [7, 11) is 0. The highest BCUT2D eigenvalue weighted by molar-refractivity contribution is 5.79. The lowest BCUT2D eigenvalue weighted by molar-refractivity contribution is 0.349. The predicted molar refractivity (Wildman–Crippen MR) is 109 cm³/mol. The zero-order chi connectivity index (χ0) is 18.2. The van der Waals surface area contributed by atoms with Crippen LogP contribution >= 0.6 is 0 Å². The molecule has 0 amide bonds. The molecule has 0 bridgehead atoms. The number of aromatic nitrogens is 2. The highest BCUT2D eigenvalue weighted by Crippen LogP contribution is 2.26. The number of fused-ring (bicyclic) bond motifs is 2. The summed E-state index contributed by atoms with van der Waals surface area (Å²) in [6.07, 6.45) is 3.10. The number of piperazine rings is 1.